The lowest BCUT2D eigenvalue weighted by atomic mass is 10.2. The number of hydrogen-bond donors (Lipinski definition) is 2. The van der Waals surface area contributed by atoms with E-state index in [9.17, 15) is 0 Å². The summed E-state index contributed by atoms with van der Waals surface area (Å²) in [6, 6.07) is 9.20. The van der Waals surface area contributed by atoms with Crippen molar-refractivity contribution in [2.45, 2.75) is 20.4 Å². The van der Waals surface area contributed by atoms with Crippen LogP contribution < -0.4 is 10.6 Å². The third-order valence-corrected chi connectivity index (χ3v) is 3.85. The molecule has 0 radical (unpaired) electrons. The highest BCUT2D eigenvalue weighted by molar-refractivity contribution is 7.80. The smallest absolute Gasteiger partial charge is 0.175 e. The van der Waals surface area contributed by atoms with E-state index < -0.39 is 0 Å². The minimum atomic E-state index is 0.423. The Morgan fingerprint density at radius 1 is 1.32 bits per heavy atom. The molecule has 0 atom stereocenters. The van der Waals surface area contributed by atoms with Crippen molar-refractivity contribution in [1.29, 1.82) is 5.26 Å². The maximum atomic E-state index is 8.93. The molecule has 25 heavy (non-hydrogen) atoms. The van der Waals surface area contributed by atoms with E-state index in [2.05, 4.69) is 27.0 Å². The van der Waals surface area contributed by atoms with E-state index in [1.165, 1.54) is 0 Å². The van der Waals surface area contributed by atoms with E-state index in [0.717, 1.165) is 28.4 Å². The van der Waals surface area contributed by atoms with Crippen molar-refractivity contribution >= 4 is 28.7 Å². The van der Waals surface area contributed by atoms with Crippen LogP contribution in [0.15, 0.2) is 41.2 Å². The number of nitrogens with one attached hydrogen (secondary N) is 2. The average Bonchev–Trinajstić information content (AvgIpc) is 3.16. The number of benzene rings is 1. The first kappa shape index (κ1) is 16.7. The molecule has 0 saturated heterocycles. The summed E-state index contributed by atoms with van der Waals surface area (Å²) in [6.07, 6.45) is 3.55. The second-order valence-electron chi connectivity index (χ2n) is 5.50. The highest BCUT2D eigenvalue weighted by Crippen LogP contribution is 2.15. The number of rotatable bonds is 4. The molecule has 0 fully saturated rings. The Morgan fingerprint density at radius 2 is 2.12 bits per heavy atom. The molecule has 3 aromatic rings. The van der Waals surface area contributed by atoms with Gasteiger partial charge in [-0.15, -0.1) is 0 Å². The Kier molecular flexibility index (Phi) is 4.77. The first-order valence-electron chi connectivity index (χ1n) is 7.57. The van der Waals surface area contributed by atoms with Gasteiger partial charge in [0.1, 0.15) is 5.76 Å². The summed E-state index contributed by atoms with van der Waals surface area (Å²) < 4.78 is 6.95. The molecule has 2 N–H and O–H groups in total. The molecule has 0 aliphatic rings. The summed E-state index contributed by atoms with van der Waals surface area (Å²) in [5, 5.41) is 23.7. The van der Waals surface area contributed by atoms with Crippen molar-refractivity contribution in [2.75, 3.05) is 10.6 Å². The number of thiocarbonyl (C=S) groups is 1. The Labute approximate surface area is 150 Å². The molecule has 0 aliphatic heterocycles. The van der Waals surface area contributed by atoms with E-state index in [1.807, 2.05) is 26.1 Å². The second kappa shape index (κ2) is 7.15. The maximum absolute atomic E-state index is 8.93. The van der Waals surface area contributed by atoms with Crippen molar-refractivity contribution in [2.24, 2.45) is 0 Å². The molecule has 0 unspecified atom stereocenters. The molecule has 7 nitrogen and oxygen atoms in total. The zero-order valence-corrected chi connectivity index (χ0v) is 14.6. The van der Waals surface area contributed by atoms with Gasteiger partial charge in [0.25, 0.3) is 0 Å². The SMILES string of the molecule is Cc1noc(C)c1Cn1cc(NC(=S)Nc2cccc(C#N)c2)cn1. The molecule has 3 rings (SSSR count). The number of nitrogens with zero attached hydrogens (tertiary/aromatic N) is 4. The number of hydrogen-bond acceptors (Lipinski definition) is 5. The fraction of sp³-hybridized carbons (Fsp3) is 0.176. The van der Waals surface area contributed by atoms with Gasteiger partial charge in [0, 0.05) is 17.4 Å². The molecule has 2 aromatic heterocycles. The van der Waals surface area contributed by atoms with Gasteiger partial charge in [0.05, 0.1) is 35.8 Å². The van der Waals surface area contributed by atoms with Crippen molar-refractivity contribution in [3.63, 3.8) is 0 Å². The molecule has 2 heterocycles. The summed E-state index contributed by atoms with van der Waals surface area (Å²) in [5.41, 5.74) is 3.96. The topological polar surface area (TPSA) is 91.7 Å². The number of anilines is 2. The average molecular weight is 352 g/mol. The molecule has 0 aliphatic carbocycles. The Morgan fingerprint density at radius 3 is 2.84 bits per heavy atom. The van der Waals surface area contributed by atoms with Crippen LogP contribution in [0.3, 0.4) is 0 Å². The van der Waals surface area contributed by atoms with Crippen LogP contribution in [0.5, 0.6) is 0 Å². The summed E-state index contributed by atoms with van der Waals surface area (Å²) >= 11 is 5.30. The van der Waals surface area contributed by atoms with Crippen LogP contribution in [0.25, 0.3) is 0 Å². The van der Waals surface area contributed by atoms with Crippen LogP contribution in [0.2, 0.25) is 0 Å². The molecule has 0 spiro atoms. The first-order valence-corrected chi connectivity index (χ1v) is 7.98. The van der Waals surface area contributed by atoms with Gasteiger partial charge in [-0.3, -0.25) is 4.68 Å². The minimum Gasteiger partial charge on any atom is -0.361 e. The summed E-state index contributed by atoms with van der Waals surface area (Å²) in [7, 11) is 0. The van der Waals surface area contributed by atoms with Gasteiger partial charge in [0.2, 0.25) is 0 Å². The Bertz CT molecular complexity index is 933. The van der Waals surface area contributed by atoms with E-state index in [0.29, 0.717) is 17.2 Å². The van der Waals surface area contributed by atoms with Gasteiger partial charge >= 0.3 is 0 Å². The molecule has 0 amide bonds. The monoisotopic (exact) mass is 352 g/mol. The summed E-state index contributed by atoms with van der Waals surface area (Å²) in [5.74, 6) is 0.789. The zero-order valence-electron chi connectivity index (χ0n) is 13.8. The molecule has 126 valence electrons. The highest BCUT2D eigenvalue weighted by Gasteiger charge is 2.10. The van der Waals surface area contributed by atoms with Crippen molar-refractivity contribution in [3.8, 4) is 6.07 Å². The fourth-order valence-corrected chi connectivity index (χ4v) is 2.60. The van der Waals surface area contributed by atoms with Gasteiger partial charge in [0.15, 0.2) is 5.11 Å². The standard InChI is InChI=1S/C17H16N6OS/c1-11-16(12(2)24-22-11)10-23-9-15(8-19-23)21-17(25)20-14-5-3-4-13(6-14)7-18/h3-6,8-9H,10H2,1-2H3,(H2,20,21,25). The van der Waals surface area contributed by atoms with Crippen LogP contribution in [-0.4, -0.2) is 20.0 Å². The number of nitriles is 1. The molecule has 0 bridgehead atoms. The number of aryl methyl sites for hydroxylation is 2. The van der Waals surface area contributed by atoms with Gasteiger partial charge in [-0.1, -0.05) is 11.2 Å². The molecule has 1 aromatic carbocycles. The molecule has 0 saturated carbocycles. The van der Waals surface area contributed by atoms with Crippen molar-refractivity contribution < 1.29 is 4.52 Å². The van der Waals surface area contributed by atoms with Gasteiger partial charge < -0.3 is 15.2 Å². The lowest BCUT2D eigenvalue weighted by molar-refractivity contribution is 0.391. The lowest BCUT2D eigenvalue weighted by Crippen LogP contribution is -2.18. The van der Waals surface area contributed by atoms with Crippen molar-refractivity contribution in [3.05, 3.63) is 59.2 Å². The molecular weight excluding hydrogens is 336 g/mol. The van der Waals surface area contributed by atoms with E-state index in [4.69, 9.17) is 22.0 Å². The third kappa shape index (κ3) is 4.02. The molecule has 8 heteroatoms. The lowest BCUT2D eigenvalue weighted by Gasteiger charge is -2.09. The second-order valence-corrected chi connectivity index (χ2v) is 5.91. The normalized spacial score (nSPS) is 10.3. The maximum Gasteiger partial charge on any atom is 0.175 e. The van der Waals surface area contributed by atoms with E-state index in [1.54, 1.807) is 29.1 Å². The van der Waals surface area contributed by atoms with Gasteiger partial charge in [-0.05, 0) is 44.3 Å². The first-order chi connectivity index (χ1) is 12.0. The van der Waals surface area contributed by atoms with Crippen LogP contribution in [0, 0.1) is 25.2 Å². The zero-order chi connectivity index (χ0) is 17.8. The minimum absolute atomic E-state index is 0.423. The van der Waals surface area contributed by atoms with Crippen LogP contribution >= 0.6 is 12.2 Å². The predicted octanol–water partition coefficient (Wildman–Crippen LogP) is 3.22. The van der Waals surface area contributed by atoms with Gasteiger partial charge in [-0.25, -0.2) is 0 Å². The summed E-state index contributed by atoms with van der Waals surface area (Å²) in [4.78, 5) is 0. The Balaban J connectivity index is 1.63. The third-order valence-electron chi connectivity index (χ3n) is 3.64. The largest absolute Gasteiger partial charge is 0.361 e. The van der Waals surface area contributed by atoms with Crippen LogP contribution in [0.4, 0.5) is 11.4 Å². The molecular formula is C17H16N6OS. The Hall–Kier alpha value is -3.18. The fourth-order valence-electron chi connectivity index (χ4n) is 2.36. The highest BCUT2D eigenvalue weighted by atomic mass is 32.1. The van der Waals surface area contributed by atoms with E-state index >= 15 is 0 Å². The van der Waals surface area contributed by atoms with Gasteiger partial charge in [-0.2, -0.15) is 10.4 Å². The number of aromatic nitrogens is 3. The van der Waals surface area contributed by atoms with E-state index in [-0.39, 0.29) is 0 Å². The quantitative estimate of drug-likeness (QED) is 0.697. The van der Waals surface area contributed by atoms with Crippen molar-refractivity contribution in [1.82, 2.24) is 14.9 Å². The summed E-state index contributed by atoms with van der Waals surface area (Å²) in [6.45, 7) is 4.36. The van der Waals surface area contributed by atoms with Crippen LogP contribution in [-0.2, 0) is 6.54 Å². The predicted molar refractivity (Wildman–Crippen MR) is 98.3 cm³/mol. The van der Waals surface area contributed by atoms with Crippen LogP contribution in [0.1, 0.15) is 22.6 Å².